The number of nitrogens with two attached hydrogens (primary N) is 1. The van der Waals surface area contributed by atoms with Gasteiger partial charge in [-0.1, -0.05) is 0 Å². The Bertz CT molecular complexity index is 572. The number of nitro groups is 1. The van der Waals surface area contributed by atoms with Gasteiger partial charge in [0.15, 0.2) is 0 Å². The number of halogens is 1. The third kappa shape index (κ3) is 3.07. The average Bonchev–Trinajstić information content (AvgIpc) is 3.21. The summed E-state index contributed by atoms with van der Waals surface area (Å²) in [7, 11) is 0. The number of nitrogens with zero attached hydrogens (tertiary/aromatic N) is 2. The zero-order valence-electron chi connectivity index (χ0n) is 10.4. The van der Waals surface area contributed by atoms with Crippen LogP contribution < -0.4 is 5.90 Å². The van der Waals surface area contributed by atoms with Crippen molar-refractivity contribution in [2.45, 2.75) is 23.7 Å². The van der Waals surface area contributed by atoms with E-state index < -0.39 is 21.6 Å². The van der Waals surface area contributed by atoms with Crippen molar-refractivity contribution in [2.75, 3.05) is 5.75 Å². The minimum absolute atomic E-state index is 0.0305. The molecule has 1 aromatic carbocycles. The molecular formula is C12H12FN3O3S. The van der Waals surface area contributed by atoms with E-state index in [-0.39, 0.29) is 17.0 Å². The average molecular weight is 297 g/mol. The monoisotopic (exact) mass is 297 g/mol. The van der Waals surface area contributed by atoms with Crippen LogP contribution in [0.2, 0.25) is 0 Å². The first kappa shape index (κ1) is 14.7. The molecule has 6 nitrogen and oxygen atoms in total. The molecule has 2 rings (SSSR count). The summed E-state index contributed by atoms with van der Waals surface area (Å²) in [5.41, 5.74) is -0.196. The lowest BCUT2D eigenvalue weighted by molar-refractivity contribution is -0.385. The highest BCUT2D eigenvalue weighted by molar-refractivity contribution is 8.01. The van der Waals surface area contributed by atoms with Gasteiger partial charge in [0.25, 0.3) is 5.69 Å². The molecule has 0 radical (unpaired) electrons. The quantitative estimate of drug-likeness (QED) is 0.639. The maximum Gasteiger partial charge on any atom is 0.270 e. The van der Waals surface area contributed by atoms with Crippen LogP contribution >= 0.6 is 11.8 Å². The van der Waals surface area contributed by atoms with Gasteiger partial charge in [0.1, 0.15) is 16.7 Å². The van der Waals surface area contributed by atoms with Gasteiger partial charge >= 0.3 is 0 Å². The molecular weight excluding hydrogens is 285 g/mol. The van der Waals surface area contributed by atoms with Gasteiger partial charge in [0.05, 0.1) is 11.0 Å². The van der Waals surface area contributed by atoms with Crippen LogP contribution in [0.3, 0.4) is 0 Å². The van der Waals surface area contributed by atoms with Crippen molar-refractivity contribution in [3.63, 3.8) is 0 Å². The molecule has 0 aliphatic heterocycles. The number of rotatable bonds is 6. The summed E-state index contributed by atoms with van der Waals surface area (Å²) in [4.78, 5) is 14.8. The first-order chi connectivity index (χ1) is 9.51. The van der Waals surface area contributed by atoms with Crippen molar-refractivity contribution in [3.05, 3.63) is 39.7 Å². The summed E-state index contributed by atoms with van der Waals surface area (Å²) in [6.07, 6.45) is 0.733. The Morgan fingerprint density at radius 1 is 1.65 bits per heavy atom. The Labute approximate surface area is 118 Å². The fraction of sp³-hybridized carbons (Fsp3) is 0.417. The molecule has 1 aliphatic rings. The zero-order chi connectivity index (χ0) is 14.8. The Morgan fingerprint density at radius 2 is 2.35 bits per heavy atom. The van der Waals surface area contributed by atoms with E-state index in [9.17, 15) is 14.5 Å². The van der Waals surface area contributed by atoms with Crippen LogP contribution in [-0.4, -0.2) is 15.4 Å². The van der Waals surface area contributed by atoms with Crippen molar-refractivity contribution in [1.82, 2.24) is 0 Å². The summed E-state index contributed by atoms with van der Waals surface area (Å²) in [5.74, 6) is 4.81. The summed E-state index contributed by atoms with van der Waals surface area (Å²) < 4.78 is 13.3. The molecule has 1 aromatic rings. The first-order valence-corrected chi connectivity index (χ1v) is 6.84. The Kier molecular flexibility index (Phi) is 4.23. The lowest BCUT2D eigenvalue weighted by Gasteiger charge is -2.16. The van der Waals surface area contributed by atoms with E-state index in [1.165, 1.54) is 11.8 Å². The second-order valence-corrected chi connectivity index (χ2v) is 5.91. The molecule has 0 amide bonds. The third-order valence-corrected chi connectivity index (χ3v) is 4.64. The van der Waals surface area contributed by atoms with Crippen LogP contribution in [0.25, 0.3) is 0 Å². The highest BCUT2D eigenvalue weighted by atomic mass is 32.2. The van der Waals surface area contributed by atoms with Crippen LogP contribution in [-0.2, 0) is 4.84 Å². The van der Waals surface area contributed by atoms with Gasteiger partial charge in [-0.15, -0.1) is 11.8 Å². The number of hydrogen-bond acceptors (Lipinski definition) is 6. The van der Waals surface area contributed by atoms with E-state index in [0.29, 0.717) is 0 Å². The minimum atomic E-state index is -0.828. The van der Waals surface area contributed by atoms with Gasteiger partial charge in [-0.3, -0.25) is 15.0 Å². The molecule has 1 fully saturated rings. The lowest BCUT2D eigenvalue weighted by Crippen LogP contribution is -2.16. The molecule has 0 saturated heterocycles. The van der Waals surface area contributed by atoms with Crippen LogP contribution in [0, 0.1) is 27.3 Å². The van der Waals surface area contributed by atoms with Gasteiger partial charge in [0, 0.05) is 23.4 Å². The maximum absolute atomic E-state index is 13.8. The van der Waals surface area contributed by atoms with E-state index in [1.807, 2.05) is 0 Å². The van der Waals surface area contributed by atoms with Crippen LogP contribution in [0.5, 0.6) is 0 Å². The second kappa shape index (κ2) is 5.75. The van der Waals surface area contributed by atoms with Gasteiger partial charge in [-0.2, -0.15) is 5.26 Å². The molecule has 1 unspecified atom stereocenters. The lowest BCUT2D eigenvalue weighted by atomic mass is 10.1. The molecule has 106 valence electrons. The van der Waals surface area contributed by atoms with Gasteiger partial charge in [-0.25, -0.2) is 10.3 Å². The number of nitriles is 1. The molecule has 0 heterocycles. The number of benzene rings is 1. The molecule has 1 aliphatic carbocycles. The Balaban J connectivity index is 2.16. The predicted molar refractivity (Wildman–Crippen MR) is 71.1 cm³/mol. The minimum Gasteiger partial charge on any atom is -0.296 e. The molecule has 0 bridgehead atoms. The largest absolute Gasteiger partial charge is 0.296 e. The summed E-state index contributed by atoms with van der Waals surface area (Å²) in [5, 5.41) is 19.7. The van der Waals surface area contributed by atoms with Crippen molar-refractivity contribution < 1.29 is 14.2 Å². The normalized spacial score (nSPS) is 17.2. The fourth-order valence-electron chi connectivity index (χ4n) is 1.73. The van der Waals surface area contributed by atoms with Crippen molar-refractivity contribution >= 4 is 17.4 Å². The number of thioether (sulfide) groups is 1. The zero-order valence-corrected chi connectivity index (χ0v) is 11.2. The SMILES string of the molecule is N#CC1(SCC(ON)c2cc([N+](=O)[O-])ccc2F)CC1. The van der Waals surface area contributed by atoms with E-state index in [2.05, 4.69) is 6.07 Å². The summed E-state index contributed by atoms with van der Waals surface area (Å²) in [6, 6.07) is 5.40. The highest BCUT2D eigenvalue weighted by Gasteiger charge is 2.44. The Hall–Kier alpha value is -1.69. The van der Waals surface area contributed by atoms with Gasteiger partial charge in [0.2, 0.25) is 0 Å². The molecule has 8 heteroatoms. The topological polar surface area (TPSA) is 102 Å². The van der Waals surface area contributed by atoms with E-state index in [1.54, 1.807) is 0 Å². The molecule has 0 spiro atoms. The van der Waals surface area contributed by atoms with E-state index in [0.717, 1.165) is 31.0 Å². The van der Waals surface area contributed by atoms with Crippen molar-refractivity contribution in [2.24, 2.45) is 5.90 Å². The van der Waals surface area contributed by atoms with E-state index >= 15 is 0 Å². The molecule has 1 saturated carbocycles. The number of hydrogen-bond donors (Lipinski definition) is 1. The van der Waals surface area contributed by atoms with Gasteiger partial charge < -0.3 is 0 Å². The second-order valence-electron chi connectivity index (χ2n) is 4.50. The smallest absolute Gasteiger partial charge is 0.270 e. The number of nitro benzene ring substituents is 1. The molecule has 1 atom stereocenters. The van der Waals surface area contributed by atoms with Crippen molar-refractivity contribution in [1.29, 1.82) is 5.26 Å². The fourth-order valence-corrected chi connectivity index (χ4v) is 2.91. The first-order valence-electron chi connectivity index (χ1n) is 5.86. The highest BCUT2D eigenvalue weighted by Crippen LogP contribution is 2.49. The standard InChI is InChI=1S/C12H12FN3O3S/c13-10-2-1-8(16(17)18)5-9(10)11(19-15)6-20-12(7-14)3-4-12/h1-2,5,11H,3-4,6,15H2. The van der Waals surface area contributed by atoms with Gasteiger partial charge in [-0.05, 0) is 18.9 Å². The Morgan fingerprint density at radius 3 is 2.85 bits per heavy atom. The van der Waals surface area contributed by atoms with Crippen LogP contribution in [0.15, 0.2) is 18.2 Å². The molecule has 2 N–H and O–H groups in total. The molecule has 20 heavy (non-hydrogen) atoms. The summed E-state index contributed by atoms with van der Waals surface area (Å²) >= 11 is 1.34. The van der Waals surface area contributed by atoms with Crippen LogP contribution in [0.4, 0.5) is 10.1 Å². The van der Waals surface area contributed by atoms with E-state index in [4.69, 9.17) is 16.0 Å². The predicted octanol–water partition coefficient (Wildman–Crippen LogP) is 2.45. The third-order valence-electron chi connectivity index (χ3n) is 3.12. The molecule has 0 aromatic heterocycles. The number of non-ortho nitro benzene ring substituents is 1. The van der Waals surface area contributed by atoms with Crippen molar-refractivity contribution in [3.8, 4) is 6.07 Å². The van der Waals surface area contributed by atoms with Crippen LogP contribution in [0.1, 0.15) is 24.5 Å². The maximum atomic E-state index is 13.8. The summed E-state index contributed by atoms with van der Waals surface area (Å²) in [6.45, 7) is 0.